The van der Waals surface area contributed by atoms with E-state index >= 15 is 0 Å². The molecule has 0 spiro atoms. The number of amides is 1. The molecule has 4 atom stereocenters. The van der Waals surface area contributed by atoms with Gasteiger partial charge < -0.3 is 19.9 Å². The molecule has 2 N–H and O–H groups in total. The van der Waals surface area contributed by atoms with Crippen LogP contribution in [0.1, 0.15) is 57.5 Å². The molecule has 47 heavy (non-hydrogen) atoms. The smallest absolute Gasteiger partial charge is 0.251 e. The number of rotatable bonds is 11. The number of benzene rings is 5. The van der Waals surface area contributed by atoms with Gasteiger partial charge in [-0.25, -0.2) is 0 Å². The van der Waals surface area contributed by atoms with E-state index in [0.29, 0.717) is 12.1 Å². The third kappa shape index (κ3) is 8.23. The molecule has 0 saturated carbocycles. The molecule has 6 nitrogen and oxygen atoms in total. The van der Waals surface area contributed by atoms with Crippen LogP contribution in [0, 0.1) is 5.92 Å². The second-order valence-corrected chi connectivity index (χ2v) is 12.4. The Hall–Kier alpha value is -4.59. The molecule has 5 aromatic rings. The van der Waals surface area contributed by atoms with E-state index in [9.17, 15) is 9.90 Å². The van der Waals surface area contributed by atoms with E-state index < -0.39 is 6.29 Å². The minimum Gasteiger partial charge on any atom is -0.392 e. The Morgan fingerprint density at radius 2 is 1.38 bits per heavy atom. The number of nitrogens with one attached hydrogen (secondary N) is 1. The molecule has 1 fully saturated rings. The second kappa shape index (κ2) is 15.3. The molecular weight excluding hydrogens is 584 g/mol. The second-order valence-electron chi connectivity index (χ2n) is 12.4. The maximum atomic E-state index is 12.5. The van der Waals surface area contributed by atoms with Crippen LogP contribution in [-0.2, 0) is 29.2 Å². The van der Waals surface area contributed by atoms with Gasteiger partial charge in [-0.15, -0.1) is 0 Å². The van der Waals surface area contributed by atoms with Gasteiger partial charge >= 0.3 is 0 Å². The van der Waals surface area contributed by atoms with Crippen LogP contribution in [0.2, 0.25) is 0 Å². The number of hydrogen-bond donors (Lipinski definition) is 2. The lowest BCUT2D eigenvalue weighted by molar-refractivity contribution is -0.276. The fourth-order valence-electron chi connectivity index (χ4n) is 6.16. The van der Waals surface area contributed by atoms with Crippen molar-refractivity contribution >= 4 is 5.91 Å². The van der Waals surface area contributed by atoms with Gasteiger partial charge in [0.15, 0.2) is 6.29 Å². The van der Waals surface area contributed by atoms with Crippen LogP contribution in [0.5, 0.6) is 0 Å². The quantitative estimate of drug-likeness (QED) is 0.157. The molecule has 0 aliphatic carbocycles. The van der Waals surface area contributed by atoms with E-state index in [1.165, 1.54) is 5.56 Å². The summed E-state index contributed by atoms with van der Waals surface area (Å²) in [5.41, 5.74) is 8.00. The first-order valence-electron chi connectivity index (χ1n) is 16.2. The van der Waals surface area contributed by atoms with Crippen molar-refractivity contribution in [1.29, 1.82) is 0 Å². The van der Waals surface area contributed by atoms with Gasteiger partial charge in [-0.1, -0.05) is 122 Å². The Balaban J connectivity index is 1.18. The molecule has 1 amide bonds. The van der Waals surface area contributed by atoms with Gasteiger partial charge in [0, 0.05) is 36.7 Å². The zero-order chi connectivity index (χ0) is 32.6. The van der Waals surface area contributed by atoms with Crippen molar-refractivity contribution < 1.29 is 19.4 Å². The maximum absolute atomic E-state index is 12.5. The number of hydrogen-bond acceptors (Lipinski definition) is 5. The van der Waals surface area contributed by atoms with Crippen LogP contribution in [0.25, 0.3) is 11.1 Å². The van der Waals surface area contributed by atoms with Crippen LogP contribution in [-0.4, -0.2) is 35.6 Å². The van der Waals surface area contributed by atoms with Gasteiger partial charge in [0.25, 0.3) is 5.91 Å². The Labute approximate surface area is 277 Å². The zero-order valence-corrected chi connectivity index (χ0v) is 27.0. The molecule has 1 heterocycles. The van der Waals surface area contributed by atoms with Crippen molar-refractivity contribution in [1.82, 2.24) is 10.2 Å². The molecule has 240 valence electrons. The van der Waals surface area contributed by atoms with E-state index in [4.69, 9.17) is 9.47 Å². The molecule has 0 radical (unpaired) electrons. The Kier molecular flexibility index (Phi) is 10.6. The predicted octanol–water partition coefficient (Wildman–Crippen LogP) is 7.70. The van der Waals surface area contributed by atoms with Crippen molar-refractivity contribution in [3.8, 4) is 11.1 Å². The molecular formula is C41H42N2O4. The molecule has 6 rings (SSSR count). The van der Waals surface area contributed by atoms with E-state index in [1.54, 1.807) is 0 Å². The average molecular weight is 627 g/mol. The normalized spacial score (nSPS) is 19.4. The minimum absolute atomic E-state index is 0.0115. The third-order valence-corrected chi connectivity index (χ3v) is 8.84. The highest BCUT2D eigenvalue weighted by atomic mass is 16.7. The van der Waals surface area contributed by atoms with E-state index in [-0.39, 0.29) is 30.6 Å². The summed E-state index contributed by atoms with van der Waals surface area (Å²) in [5, 5.41) is 12.6. The van der Waals surface area contributed by atoms with Gasteiger partial charge in [-0.3, -0.25) is 9.69 Å². The molecule has 0 bridgehead atoms. The summed E-state index contributed by atoms with van der Waals surface area (Å²) in [6.45, 7) is 4.24. The topological polar surface area (TPSA) is 71.0 Å². The molecule has 1 aliphatic heterocycles. The summed E-state index contributed by atoms with van der Waals surface area (Å²) in [5.74, 6) is 0.0169. The third-order valence-electron chi connectivity index (χ3n) is 8.84. The monoisotopic (exact) mass is 626 g/mol. The zero-order valence-electron chi connectivity index (χ0n) is 27.0. The predicted molar refractivity (Wildman–Crippen MR) is 185 cm³/mol. The fourth-order valence-corrected chi connectivity index (χ4v) is 6.16. The Bertz CT molecular complexity index is 1730. The van der Waals surface area contributed by atoms with Crippen molar-refractivity contribution in [2.75, 3.05) is 13.6 Å². The van der Waals surface area contributed by atoms with Gasteiger partial charge in [-0.05, 0) is 58.6 Å². The Morgan fingerprint density at radius 1 is 0.723 bits per heavy atom. The van der Waals surface area contributed by atoms with Crippen molar-refractivity contribution in [2.24, 2.45) is 5.92 Å². The van der Waals surface area contributed by atoms with Crippen LogP contribution >= 0.6 is 0 Å². The number of aliphatic hydroxyl groups is 1. The molecule has 1 saturated heterocycles. The summed E-state index contributed by atoms with van der Waals surface area (Å²) in [6.07, 6.45) is -0.760. The number of carbonyl (C=O) groups excluding carboxylic acids is 1. The van der Waals surface area contributed by atoms with Crippen LogP contribution < -0.4 is 5.32 Å². The van der Waals surface area contributed by atoms with Gasteiger partial charge in [0.05, 0.1) is 18.8 Å². The number of nitrogens with zero attached hydrogens (tertiary/aromatic N) is 1. The summed E-state index contributed by atoms with van der Waals surface area (Å²) in [7, 11) is 2.13. The minimum atomic E-state index is -0.530. The lowest BCUT2D eigenvalue weighted by Crippen LogP contribution is -2.43. The van der Waals surface area contributed by atoms with E-state index in [1.807, 2.05) is 60.7 Å². The molecule has 1 aliphatic rings. The first kappa shape index (κ1) is 32.4. The summed E-state index contributed by atoms with van der Waals surface area (Å²) in [6, 6.07) is 44.4. The number of ether oxygens (including phenoxy) is 2. The van der Waals surface area contributed by atoms with E-state index in [0.717, 1.165) is 46.5 Å². The number of likely N-dealkylation sites (N-methyl/N-ethyl adjacent to an activating group) is 1. The summed E-state index contributed by atoms with van der Waals surface area (Å²) < 4.78 is 13.4. The molecule has 0 unspecified atom stereocenters. The summed E-state index contributed by atoms with van der Waals surface area (Å²) in [4.78, 5) is 14.8. The van der Waals surface area contributed by atoms with Gasteiger partial charge in [0.2, 0.25) is 0 Å². The van der Waals surface area contributed by atoms with Crippen molar-refractivity contribution in [3.05, 3.63) is 167 Å². The fraction of sp³-hybridized carbons (Fsp3) is 0.244. The standard InChI is InChI=1S/C41H42N2O4/c1-29-38(27-43(2)26-30-10-5-3-6-11-30)46-41(47-39(29)34-18-16-31(28-44)17-19-34)36-22-20-33(21-23-36)37-15-9-12-32(24-37)25-42-40(45)35-13-7-4-8-14-35/h3-24,29,38-39,41,44H,25-28H2,1-2H3,(H,42,45)/t29-,38+,39+,41+/m1/s1. The van der Waals surface area contributed by atoms with Gasteiger partial charge in [-0.2, -0.15) is 0 Å². The number of aliphatic hydroxyl groups excluding tert-OH is 1. The SMILES string of the molecule is C[C@@H]1[C@H](CN(C)Cc2ccccc2)O[C@H](c2ccc(-c3cccc(CNC(=O)c4ccccc4)c3)cc2)O[C@@H]1c1ccc(CO)cc1. The lowest BCUT2D eigenvalue weighted by Gasteiger charge is -2.42. The largest absolute Gasteiger partial charge is 0.392 e. The highest BCUT2D eigenvalue weighted by Gasteiger charge is 2.38. The van der Waals surface area contributed by atoms with Crippen molar-refractivity contribution in [2.45, 2.75) is 45.1 Å². The first-order valence-corrected chi connectivity index (χ1v) is 16.2. The highest BCUT2D eigenvalue weighted by Crippen LogP contribution is 2.42. The highest BCUT2D eigenvalue weighted by molar-refractivity contribution is 5.94. The molecule has 5 aromatic carbocycles. The Morgan fingerprint density at radius 3 is 2.09 bits per heavy atom. The van der Waals surface area contributed by atoms with Crippen molar-refractivity contribution in [3.63, 3.8) is 0 Å². The summed E-state index contributed by atoms with van der Waals surface area (Å²) >= 11 is 0. The van der Waals surface area contributed by atoms with Crippen LogP contribution in [0.15, 0.2) is 133 Å². The number of carbonyl (C=O) groups is 1. The van der Waals surface area contributed by atoms with Crippen LogP contribution in [0.3, 0.4) is 0 Å². The molecule has 6 heteroatoms. The maximum Gasteiger partial charge on any atom is 0.251 e. The van der Waals surface area contributed by atoms with E-state index in [2.05, 4.69) is 97.0 Å². The van der Waals surface area contributed by atoms with Crippen LogP contribution in [0.4, 0.5) is 0 Å². The van der Waals surface area contributed by atoms with Gasteiger partial charge in [0.1, 0.15) is 0 Å². The average Bonchev–Trinajstić information content (AvgIpc) is 3.12. The molecule has 0 aromatic heterocycles. The lowest BCUT2D eigenvalue weighted by atomic mass is 9.90. The first-order chi connectivity index (χ1) is 23.0.